The largest absolute Gasteiger partial charge is 0.384 e. The Morgan fingerprint density at radius 1 is 1.24 bits per heavy atom. The third-order valence-electron chi connectivity index (χ3n) is 3.61. The average molecular weight is 317 g/mol. The summed E-state index contributed by atoms with van der Waals surface area (Å²) < 4.78 is 0. The minimum Gasteiger partial charge on any atom is -0.384 e. The quantitative estimate of drug-likeness (QED) is 0.702. The Balaban J connectivity index is 1.86. The first-order valence-electron chi connectivity index (χ1n) is 6.88. The first-order valence-corrected chi connectivity index (χ1v) is 8.14. The van der Waals surface area contributed by atoms with Crippen molar-refractivity contribution >= 4 is 39.5 Å². The molecule has 0 unspecified atom stereocenters. The second-order valence-corrected chi connectivity index (χ2v) is 7.12. The molecule has 0 atom stereocenters. The number of anilines is 1. The number of hydrogen-bond donors (Lipinski definition) is 1. The van der Waals surface area contributed by atoms with Gasteiger partial charge in [-0.2, -0.15) is 0 Å². The number of aromatic nitrogens is 1. The Bertz CT molecular complexity index is 751. The molecule has 0 aliphatic rings. The highest BCUT2D eigenvalue weighted by molar-refractivity contribution is 7.10. The minimum absolute atomic E-state index is 0.0934. The summed E-state index contributed by atoms with van der Waals surface area (Å²) in [5, 5.41) is 7.50. The van der Waals surface area contributed by atoms with Crippen molar-refractivity contribution in [3.05, 3.63) is 57.9 Å². The molecule has 0 saturated heterocycles. The van der Waals surface area contributed by atoms with E-state index in [4.69, 9.17) is 11.6 Å². The van der Waals surface area contributed by atoms with Crippen molar-refractivity contribution in [2.75, 3.05) is 11.9 Å². The van der Waals surface area contributed by atoms with Gasteiger partial charge in [-0.3, -0.25) is 4.98 Å². The van der Waals surface area contributed by atoms with Crippen LogP contribution in [0.1, 0.15) is 18.7 Å². The molecular formula is C17H17ClN2S. The summed E-state index contributed by atoms with van der Waals surface area (Å²) >= 11 is 7.83. The zero-order valence-electron chi connectivity index (χ0n) is 12.1. The fourth-order valence-electron chi connectivity index (χ4n) is 2.34. The molecule has 2 nitrogen and oxygen atoms in total. The van der Waals surface area contributed by atoms with E-state index in [1.165, 1.54) is 4.88 Å². The van der Waals surface area contributed by atoms with Gasteiger partial charge in [-0.15, -0.1) is 11.3 Å². The number of hydrogen-bond acceptors (Lipinski definition) is 3. The molecule has 0 aliphatic carbocycles. The van der Waals surface area contributed by atoms with Gasteiger partial charge >= 0.3 is 0 Å². The average Bonchev–Trinajstić information content (AvgIpc) is 2.99. The fraction of sp³-hybridized carbons (Fsp3) is 0.235. The highest BCUT2D eigenvalue weighted by Gasteiger charge is 2.21. The second kappa shape index (κ2) is 5.66. The van der Waals surface area contributed by atoms with Crippen molar-refractivity contribution in [3.63, 3.8) is 0 Å². The van der Waals surface area contributed by atoms with Crippen LogP contribution in [0, 0.1) is 0 Å². The number of thiophene rings is 1. The standard InChI is InChI=1S/C17H17ClN2S/c1-17(2,16-4-3-9-21-16)11-20-14-7-8-19-15-10-12(18)5-6-13(14)15/h3-10H,11H2,1-2H3,(H,19,20). The summed E-state index contributed by atoms with van der Waals surface area (Å²) in [6, 6.07) is 12.1. The Hall–Kier alpha value is -1.58. The normalized spacial score (nSPS) is 11.8. The molecule has 0 bridgehead atoms. The van der Waals surface area contributed by atoms with E-state index in [-0.39, 0.29) is 5.41 Å². The molecule has 0 aliphatic heterocycles. The van der Waals surface area contributed by atoms with Gasteiger partial charge < -0.3 is 5.32 Å². The van der Waals surface area contributed by atoms with Crippen molar-refractivity contribution in [2.45, 2.75) is 19.3 Å². The molecule has 0 saturated carbocycles. The number of benzene rings is 1. The topological polar surface area (TPSA) is 24.9 Å². The van der Waals surface area contributed by atoms with E-state index in [0.29, 0.717) is 5.02 Å². The molecular weight excluding hydrogens is 300 g/mol. The van der Waals surface area contributed by atoms with Crippen LogP contribution in [0.15, 0.2) is 48.0 Å². The van der Waals surface area contributed by atoms with Crippen LogP contribution in [0.3, 0.4) is 0 Å². The smallest absolute Gasteiger partial charge is 0.0737 e. The molecule has 1 N–H and O–H groups in total. The highest BCUT2D eigenvalue weighted by Crippen LogP contribution is 2.29. The minimum atomic E-state index is 0.0934. The Labute approximate surface area is 133 Å². The molecule has 1 aromatic carbocycles. The van der Waals surface area contributed by atoms with Gasteiger partial charge in [0.2, 0.25) is 0 Å². The van der Waals surface area contributed by atoms with Gasteiger partial charge in [-0.1, -0.05) is 31.5 Å². The van der Waals surface area contributed by atoms with Crippen LogP contribution in [0.5, 0.6) is 0 Å². The lowest BCUT2D eigenvalue weighted by Crippen LogP contribution is -2.26. The second-order valence-electron chi connectivity index (χ2n) is 5.73. The van der Waals surface area contributed by atoms with Crippen LogP contribution >= 0.6 is 22.9 Å². The zero-order chi connectivity index (χ0) is 14.9. The summed E-state index contributed by atoms with van der Waals surface area (Å²) in [5.74, 6) is 0. The molecule has 2 heterocycles. The van der Waals surface area contributed by atoms with Gasteiger partial charge in [0.1, 0.15) is 0 Å². The van der Waals surface area contributed by atoms with Crippen LogP contribution in [-0.2, 0) is 5.41 Å². The van der Waals surface area contributed by atoms with Gasteiger partial charge in [-0.05, 0) is 35.7 Å². The Morgan fingerprint density at radius 2 is 2.10 bits per heavy atom. The predicted octanol–water partition coefficient (Wildman–Crippen LogP) is 5.34. The SMILES string of the molecule is CC(C)(CNc1ccnc2cc(Cl)ccc12)c1cccs1. The fourth-order valence-corrected chi connectivity index (χ4v) is 3.36. The lowest BCUT2D eigenvalue weighted by Gasteiger charge is -2.24. The first kappa shape index (κ1) is 14.4. The van der Waals surface area contributed by atoms with Gasteiger partial charge in [0, 0.05) is 39.1 Å². The van der Waals surface area contributed by atoms with Gasteiger partial charge in [0.05, 0.1) is 5.52 Å². The number of nitrogens with one attached hydrogen (secondary N) is 1. The van der Waals surface area contributed by atoms with E-state index in [1.54, 1.807) is 11.3 Å². The van der Waals surface area contributed by atoms with Crippen molar-refractivity contribution in [1.29, 1.82) is 0 Å². The molecule has 0 fully saturated rings. The van der Waals surface area contributed by atoms with Crippen molar-refractivity contribution in [2.24, 2.45) is 0 Å². The molecule has 3 rings (SSSR count). The summed E-state index contributed by atoms with van der Waals surface area (Å²) in [6.07, 6.45) is 1.82. The van der Waals surface area contributed by atoms with Crippen molar-refractivity contribution in [3.8, 4) is 0 Å². The van der Waals surface area contributed by atoms with Crippen molar-refractivity contribution in [1.82, 2.24) is 4.98 Å². The molecule has 21 heavy (non-hydrogen) atoms. The van der Waals surface area contributed by atoms with Gasteiger partial charge in [-0.25, -0.2) is 0 Å². The highest BCUT2D eigenvalue weighted by atomic mass is 35.5. The molecule has 4 heteroatoms. The van der Waals surface area contributed by atoms with E-state index in [2.05, 4.69) is 41.7 Å². The zero-order valence-corrected chi connectivity index (χ0v) is 13.6. The van der Waals surface area contributed by atoms with Crippen LogP contribution in [0.25, 0.3) is 10.9 Å². The first-order chi connectivity index (χ1) is 10.1. The Kier molecular flexibility index (Phi) is 3.87. The number of halogens is 1. The van der Waals surface area contributed by atoms with Crippen molar-refractivity contribution < 1.29 is 0 Å². The van der Waals surface area contributed by atoms with Crippen LogP contribution in [-0.4, -0.2) is 11.5 Å². The van der Waals surface area contributed by atoms with E-state index in [0.717, 1.165) is 23.1 Å². The number of pyridine rings is 1. The predicted molar refractivity (Wildman–Crippen MR) is 92.6 cm³/mol. The van der Waals surface area contributed by atoms with Crippen LogP contribution in [0.4, 0.5) is 5.69 Å². The monoisotopic (exact) mass is 316 g/mol. The van der Waals surface area contributed by atoms with E-state index >= 15 is 0 Å². The number of rotatable bonds is 4. The third-order valence-corrected chi connectivity index (χ3v) is 5.08. The van der Waals surface area contributed by atoms with Gasteiger partial charge in [0.15, 0.2) is 0 Å². The van der Waals surface area contributed by atoms with E-state index < -0.39 is 0 Å². The molecule has 108 valence electrons. The summed E-state index contributed by atoms with van der Waals surface area (Å²) in [5.41, 5.74) is 2.11. The van der Waals surface area contributed by atoms with E-state index in [9.17, 15) is 0 Å². The maximum atomic E-state index is 6.03. The lowest BCUT2D eigenvalue weighted by molar-refractivity contribution is 0.569. The number of fused-ring (bicyclic) bond motifs is 1. The van der Waals surface area contributed by atoms with E-state index in [1.807, 2.05) is 30.5 Å². The maximum Gasteiger partial charge on any atom is 0.0737 e. The van der Waals surface area contributed by atoms with Crippen LogP contribution < -0.4 is 5.32 Å². The summed E-state index contributed by atoms with van der Waals surface area (Å²) in [4.78, 5) is 5.76. The van der Waals surface area contributed by atoms with Crippen LogP contribution in [0.2, 0.25) is 5.02 Å². The van der Waals surface area contributed by atoms with Gasteiger partial charge in [0.25, 0.3) is 0 Å². The lowest BCUT2D eigenvalue weighted by atomic mass is 9.91. The molecule has 2 aromatic heterocycles. The maximum absolute atomic E-state index is 6.03. The molecule has 0 amide bonds. The molecule has 3 aromatic rings. The Morgan fingerprint density at radius 3 is 2.86 bits per heavy atom. The molecule has 0 radical (unpaired) electrons. The molecule has 0 spiro atoms. The number of nitrogens with zero attached hydrogens (tertiary/aromatic N) is 1. The third kappa shape index (κ3) is 3.04. The summed E-state index contributed by atoms with van der Waals surface area (Å²) in [7, 11) is 0. The summed E-state index contributed by atoms with van der Waals surface area (Å²) in [6.45, 7) is 5.38.